The van der Waals surface area contributed by atoms with Crippen molar-refractivity contribution in [3.63, 3.8) is 0 Å². The molecule has 20 heavy (non-hydrogen) atoms. The number of amidine groups is 1. The highest BCUT2D eigenvalue weighted by Crippen LogP contribution is 2.34. The molecule has 2 heterocycles. The van der Waals surface area contributed by atoms with E-state index in [1.165, 1.54) is 0 Å². The van der Waals surface area contributed by atoms with E-state index in [9.17, 15) is 4.55 Å². The Bertz CT molecular complexity index is 685. The molecule has 2 aromatic rings. The van der Waals surface area contributed by atoms with Gasteiger partial charge >= 0.3 is 0 Å². The third-order valence-electron chi connectivity index (χ3n) is 3.47. The molecule has 4 nitrogen and oxygen atoms in total. The van der Waals surface area contributed by atoms with E-state index >= 15 is 0 Å². The van der Waals surface area contributed by atoms with Crippen molar-refractivity contribution in [3.05, 3.63) is 27.7 Å². The minimum atomic E-state index is -1.07. The van der Waals surface area contributed by atoms with Gasteiger partial charge in [0, 0.05) is 4.47 Å². The molecule has 1 saturated heterocycles. The van der Waals surface area contributed by atoms with Crippen LogP contribution in [0.2, 0.25) is 0 Å². The lowest BCUT2D eigenvalue weighted by Gasteiger charge is -2.37. The van der Waals surface area contributed by atoms with Crippen molar-refractivity contribution in [1.82, 2.24) is 10.3 Å². The second-order valence-electron chi connectivity index (χ2n) is 5.26. The number of halogens is 1. The summed E-state index contributed by atoms with van der Waals surface area (Å²) in [6.45, 7) is 3.67. The fourth-order valence-electron chi connectivity index (χ4n) is 2.06. The number of nitrogens with one attached hydrogen (secondary N) is 2. The minimum Gasteiger partial charge on any atom is -0.616 e. The maximum Gasteiger partial charge on any atom is 0.176 e. The molecule has 0 aliphatic carbocycles. The number of hydrogen-bond donors (Lipinski definition) is 2. The molecule has 3 rings (SSSR count). The molecule has 1 fully saturated rings. The third-order valence-corrected chi connectivity index (χ3v) is 7.08. The van der Waals surface area contributed by atoms with Crippen LogP contribution in [0.3, 0.4) is 0 Å². The maximum atomic E-state index is 12.3. The SMILES string of the molecule is CC1(C)C(=N)NC(c2nc3ccc(Br)cc3s2)C[S+]1[O-]. The first-order valence-electron chi connectivity index (χ1n) is 6.18. The predicted molar refractivity (Wildman–Crippen MR) is 88.0 cm³/mol. The maximum absolute atomic E-state index is 12.3. The average Bonchev–Trinajstić information content (AvgIpc) is 2.78. The number of fused-ring (bicyclic) bond motifs is 1. The molecule has 1 aromatic carbocycles. The zero-order valence-corrected chi connectivity index (χ0v) is 14.3. The van der Waals surface area contributed by atoms with Gasteiger partial charge in [0.25, 0.3) is 0 Å². The van der Waals surface area contributed by atoms with Crippen LogP contribution in [0.25, 0.3) is 10.2 Å². The second kappa shape index (κ2) is 4.98. The van der Waals surface area contributed by atoms with Crippen LogP contribution >= 0.6 is 27.3 Å². The second-order valence-corrected chi connectivity index (χ2v) is 9.28. The highest BCUT2D eigenvalue weighted by atomic mass is 79.9. The van der Waals surface area contributed by atoms with Gasteiger partial charge in [0.1, 0.15) is 16.8 Å². The number of aromatic nitrogens is 1. The molecular formula is C13H14BrN3OS2. The average molecular weight is 372 g/mol. The first-order valence-corrected chi connectivity index (χ1v) is 9.11. The van der Waals surface area contributed by atoms with Gasteiger partial charge in [-0.2, -0.15) is 0 Å². The van der Waals surface area contributed by atoms with Crippen LogP contribution in [-0.2, 0) is 11.2 Å². The monoisotopic (exact) mass is 371 g/mol. The Kier molecular flexibility index (Phi) is 3.56. The van der Waals surface area contributed by atoms with Gasteiger partial charge in [0.05, 0.1) is 10.2 Å². The Hall–Kier alpha value is -0.630. The molecule has 0 bridgehead atoms. The Morgan fingerprint density at radius 3 is 3.00 bits per heavy atom. The number of nitrogens with zero attached hydrogens (tertiary/aromatic N) is 1. The van der Waals surface area contributed by atoms with E-state index in [1.54, 1.807) is 11.3 Å². The summed E-state index contributed by atoms with van der Waals surface area (Å²) in [4.78, 5) is 4.60. The molecule has 1 aliphatic heterocycles. The van der Waals surface area contributed by atoms with E-state index in [2.05, 4.69) is 26.2 Å². The van der Waals surface area contributed by atoms with E-state index in [4.69, 9.17) is 5.41 Å². The Morgan fingerprint density at radius 2 is 2.30 bits per heavy atom. The zero-order valence-electron chi connectivity index (χ0n) is 11.1. The van der Waals surface area contributed by atoms with Crippen molar-refractivity contribution in [1.29, 1.82) is 5.41 Å². The summed E-state index contributed by atoms with van der Waals surface area (Å²) >= 11 is 3.97. The molecule has 2 unspecified atom stereocenters. The van der Waals surface area contributed by atoms with E-state index < -0.39 is 15.9 Å². The summed E-state index contributed by atoms with van der Waals surface area (Å²) in [5.41, 5.74) is 0.942. The van der Waals surface area contributed by atoms with E-state index in [0.29, 0.717) is 11.6 Å². The fraction of sp³-hybridized carbons (Fsp3) is 0.385. The molecule has 0 amide bonds. The first kappa shape index (κ1) is 14.3. The Labute approximate surface area is 132 Å². The van der Waals surface area contributed by atoms with Crippen LogP contribution in [-0.4, -0.2) is 25.9 Å². The minimum absolute atomic E-state index is 0.132. The van der Waals surface area contributed by atoms with Crippen LogP contribution in [0, 0.1) is 5.41 Å². The molecular weight excluding hydrogens is 358 g/mol. The molecule has 2 N–H and O–H groups in total. The summed E-state index contributed by atoms with van der Waals surface area (Å²) in [6, 6.07) is 5.83. The molecule has 1 aliphatic rings. The molecule has 2 atom stereocenters. The van der Waals surface area contributed by atoms with Gasteiger partial charge in [0.2, 0.25) is 0 Å². The summed E-state index contributed by atoms with van der Waals surface area (Å²) in [7, 11) is 0. The van der Waals surface area contributed by atoms with Crippen LogP contribution in [0.1, 0.15) is 24.9 Å². The molecule has 7 heteroatoms. The largest absolute Gasteiger partial charge is 0.616 e. The van der Waals surface area contributed by atoms with Gasteiger partial charge in [-0.25, -0.2) is 4.98 Å². The van der Waals surface area contributed by atoms with E-state index in [-0.39, 0.29) is 6.04 Å². The normalized spacial score (nSPS) is 25.7. The molecule has 1 aromatic heterocycles. The Morgan fingerprint density at radius 1 is 1.55 bits per heavy atom. The van der Waals surface area contributed by atoms with Crippen molar-refractivity contribution < 1.29 is 4.55 Å². The van der Waals surface area contributed by atoms with Crippen LogP contribution in [0.4, 0.5) is 0 Å². The number of hydrogen-bond acceptors (Lipinski definition) is 4. The number of thiazole rings is 1. The van der Waals surface area contributed by atoms with Crippen molar-refractivity contribution in [2.45, 2.75) is 24.6 Å². The topological polar surface area (TPSA) is 71.8 Å². The lowest BCUT2D eigenvalue weighted by Crippen LogP contribution is -2.56. The summed E-state index contributed by atoms with van der Waals surface area (Å²) in [6.07, 6.45) is 0. The highest BCUT2D eigenvalue weighted by molar-refractivity contribution is 9.10. The van der Waals surface area contributed by atoms with Gasteiger partial charge in [-0.05, 0) is 43.2 Å². The standard InChI is InChI=1S/C13H14BrN3OS2/c1-13(2)12(15)17-9(6-20(13)18)11-16-8-4-3-7(14)5-10(8)19-11/h3-5,9H,6H2,1-2H3,(H2,15,17). The van der Waals surface area contributed by atoms with Crippen LogP contribution in [0.15, 0.2) is 22.7 Å². The van der Waals surface area contributed by atoms with Gasteiger partial charge in [-0.15, -0.1) is 11.3 Å². The first-order chi connectivity index (χ1) is 9.38. The van der Waals surface area contributed by atoms with Gasteiger partial charge in [-0.1, -0.05) is 15.9 Å². The Balaban J connectivity index is 1.94. The smallest absolute Gasteiger partial charge is 0.176 e. The molecule has 0 radical (unpaired) electrons. The quantitative estimate of drug-likeness (QED) is 0.755. The lowest BCUT2D eigenvalue weighted by molar-refractivity contribution is 0.541. The fourth-order valence-corrected chi connectivity index (χ4v) is 4.98. The van der Waals surface area contributed by atoms with Gasteiger partial charge < -0.3 is 9.87 Å². The summed E-state index contributed by atoms with van der Waals surface area (Å²) in [5, 5.41) is 12.1. The number of benzene rings is 1. The molecule has 0 saturated carbocycles. The van der Waals surface area contributed by atoms with Gasteiger partial charge in [-0.3, -0.25) is 5.41 Å². The highest BCUT2D eigenvalue weighted by Gasteiger charge is 2.44. The van der Waals surface area contributed by atoms with Crippen molar-refractivity contribution in [3.8, 4) is 0 Å². The zero-order chi connectivity index (χ0) is 14.5. The van der Waals surface area contributed by atoms with Crippen molar-refractivity contribution in [2.24, 2.45) is 0 Å². The van der Waals surface area contributed by atoms with Gasteiger partial charge in [0.15, 0.2) is 10.6 Å². The summed E-state index contributed by atoms with van der Waals surface area (Å²) < 4.78 is 13.8. The van der Waals surface area contributed by atoms with Crippen LogP contribution < -0.4 is 5.32 Å². The van der Waals surface area contributed by atoms with Crippen LogP contribution in [0.5, 0.6) is 0 Å². The molecule has 106 valence electrons. The molecule has 0 spiro atoms. The third kappa shape index (κ3) is 2.36. The van der Waals surface area contributed by atoms with E-state index in [0.717, 1.165) is 19.7 Å². The van der Waals surface area contributed by atoms with E-state index in [1.807, 2.05) is 32.0 Å². The van der Waals surface area contributed by atoms with Crippen molar-refractivity contribution >= 4 is 54.5 Å². The van der Waals surface area contributed by atoms with Crippen molar-refractivity contribution in [2.75, 3.05) is 5.75 Å². The number of rotatable bonds is 1. The lowest BCUT2D eigenvalue weighted by atomic mass is 10.1. The summed E-state index contributed by atoms with van der Waals surface area (Å²) in [5.74, 6) is 0.823. The predicted octanol–water partition coefficient (Wildman–Crippen LogP) is 3.21.